The molecule has 4 rings (SSSR count). The molecule has 9 heteroatoms. The summed E-state index contributed by atoms with van der Waals surface area (Å²) in [6, 6.07) is 3.68. The Morgan fingerprint density at radius 3 is 2.89 bits per heavy atom. The monoisotopic (exact) mass is 369 g/mol. The third-order valence-corrected chi connectivity index (χ3v) is 4.98. The van der Waals surface area contributed by atoms with E-state index in [4.69, 9.17) is 9.83 Å². The van der Waals surface area contributed by atoms with E-state index in [1.165, 1.54) is 0 Å². The molecule has 0 atom stereocenters. The Balaban J connectivity index is 1.61. The SMILES string of the molecule is CCN(C(=O)c1cnc(C2=NC3(CCNCC3)ON2)n1C)c1cccnc1. The van der Waals surface area contributed by atoms with Crippen LogP contribution in [0.1, 0.15) is 36.1 Å². The van der Waals surface area contributed by atoms with E-state index in [1.807, 2.05) is 26.1 Å². The first-order valence-corrected chi connectivity index (χ1v) is 9.12. The molecule has 142 valence electrons. The third kappa shape index (κ3) is 3.19. The molecule has 2 aliphatic rings. The van der Waals surface area contributed by atoms with Gasteiger partial charge in [0, 0.05) is 32.6 Å². The van der Waals surface area contributed by atoms with E-state index in [1.54, 1.807) is 28.1 Å². The van der Waals surface area contributed by atoms with Crippen LogP contribution in [0.3, 0.4) is 0 Å². The van der Waals surface area contributed by atoms with Crippen LogP contribution in [0.15, 0.2) is 35.7 Å². The Kier molecular flexibility index (Phi) is 4.63. The van der Waals surface area contributed by atoms with Crippen LogP contribution in [-0.4, -0.2) is 51.6 Å². The molecule has 4 heterocycles. The second-order valence-corrected chi connectivity index (χ2v) is 6.65. The summed E-state index contributed by atoms with van der Waals surface area (Å²) in [7, 11) is 1.81. The van der Waals surface area contributed by atoms with Gasteiger partial charge in [0.25, 0.3) is 5.91 Å². The zero-order chi connectivity index (χ0) is 18.9. The first kappa shape index (κ1) is 17.6. The largest absolute Gasteiger partial charge is 0.320 e. The van der Waals surface area contributed by atoms with Gasteiger partial charge in [-0.1, -0.05) is 0 Å². The highest BCUT2D eigenvalue weighted by Gasteiger charge is 2.39. The molecule has 2 aromatic rings. The number of nitrogens with zero attached hydrogens (tertiary/aromatic N) is 5. The molecule has 2 N–H and O–H groups in total. The van der Waals surface area contributed by atoms with Gasteiger partial charge in [0.05, 0.1) is 18.1 Å². The van der Waals surface area contributed by atoms with Gasteiger partial charge < -0.3 is 14.8 Å². The van der Waals surface area contributed by atoms with Crippen LogP contribution >= 0.6 is 0 Å². The lowest BCUT2D eigenvalue weighted by Crippen LogP contribution is -2.41. The number of carbonyl (C=O) groups excluding carboxylic acids is 1. The fourth-order valence-electron chi connectivity index (χ4n) is 3.44. The minimum absolute atomic E-state index is 0.136. The smallest absolute Gasteiger partial charge is 0.276 e. The van der Waals surface area contributed by atoms with E-state index in [0.717, 1.165) is 31.6 Å². The first-order valence-electron chi connectivity index (χ1n) is 9.12. The van der Waals surface area contributed by atoms with Crippen LogP contribution in [0.25, 0.3) is 0 Å². The number of hydroxylamine groups is 1. The summed E-state index contributed by atoms with van der Waals surface area (Å²) in [6.07, 6.45) is 6.53. The Morgan fingerprint density at radius 2 is 2.19 bits per heavy atom. The maximum Gasteiger partial charge on any atom is 0.276 e. The molecule has 1 amide bonds. The molecule has 0 unspecified atom stereocenters. The number of piperidine rings is 1. The normalized spacial score (nSPS) is 18.2. The van der Waals surface area contributed by atoms with E-state index >= 15 is 0 Å². The van der Waals surface area contributed by atoms with E-state index < -0.39 is 5.72 Å². The maximum absolute atomic E-state index is 13.1. The number of rotatable bonds is 4. The molecular weight excluding hydrogens is 346 g/mol. The molecule has 0 radical (unpaired) electrons. The molecule has 2 aromatic heterocycles. The molecule has 0 aromatic carbocycles. The minimum atomic E-state index is -0.540. The van der Waals surface area contributed by atoms with Gasteiger partial charge in [0.2, 0.25) is 0 Å². The average Bonchev–Trinajstić information content (AvgIpc) is 3.27. The first-order chi connectivity index (χ1) is 13.1. The van der Waals surface area contributed by atoms with Crippen LogP contribution in [0.5, 0.6) is 0 Å². The lowest BCUT2D eigenvalue weighted by Gasteiger charge is -2.28. The van der Waals surface area contributed by atoms with E-state index in [2.05, 4.69) is 20.8 Å². The Bertz CT molecular complexity index is 856. The second kappa shape index (κ2) is 7.09. The van der Waals surface area contributed by atoms with E-state index in [9.17, 15) is 4.79 Å². The zero-order valence-corrected chi connectivity index (χ0v) is 15.5. The van der Waals surface area contributed by atoms with Crippen LogP contribution in [-0.2, 0) is 11.9 Å². The van der Waals surface area contributed by atoms with Crippen molar-refractivity contribution in [3.05, 3.63) is 42.2 Å². The molecule has 0 saturated carbocycles. The summed E-state index contributed by atoms with van der Waals surface area (Å²) >= 11 is 0. The maximum atomic E-state index is 13.1. The van der Waals surface area contributed by atoms with Gasteiger partial charge in [0.1, 0.15) is 5.69 Å². The predicted molar refractivity (Wildman–Crippen MR) is 100 cm³/mol. The lowest BCUT2D eigenvalue weighted by atomic mass is 10.0. The van der Waals surface area contributed by atoms with Crippen LogP contribution in [0, 0.1) is 0 Å². The number of anilines is 1. The Labute approximate surface area is 157 Å². The van der Waals surface area contributed by atoms with Crippen molar-refractivity contribution < 1.29 is 9.63 Å². The summed E-state index contributed by atoms with van der Waals surface area (Å²) < 4.78 is 1.75. The highest BCUT2D eigenvalue weighted by Crippen LogP contribution is 2.28. The van der Waals surface area contributed by atoms with Crippen molar-refractivity contribution in [2.24, 2.45) is 12.0 Å². The molecular formula is C18H23N7O2. The fraction of sp³-hybridized carbons (Fsp3) is 0.444. The van der Waals surface area contributed by atoms with Crippen LogP contribution in [0.4, 0.5) is 5.69 Å². The predicted octanol–water partition coefficient (Wildman–Crippen LogP) is 0.843. The quantitative estimate of drug-likeness (QED) is 0.829. The molecule has 1 fully saturated rings. The minimum Gasteiger partial charge on any atom is -0.320 e. The number of hydrogen-bond acceptors (Lipinski definition) is 7. The highest BCUT2D eigenvalue weighted by atomic mass is 16.7. The summed E-state index contributed by atoms with van der Waals surface area (Å²) in [6.45, 7) is 4.18. The van der Waals surface area contributed by atoms with Crippen molar-refractivity contribution in [1.82, 2.24) is 25.3 Å². The van der Waals surface area contributed by atoms with Gasteiger partial charge in [-0.2, -0.15) is 0 Å². The fourth-order valence-corrected chi connectivity index (χ4v) is 3.44. The number of hydrogen-bond donors (Lipinski definition) is 2. The number of aliphatic imine (C=N–C) groups is 1. The van der Waals surface area contributed by atoms with Crippen molar-refractivity contribution in [3.8, 4) is 0 Å². The molecule has 27 heavy (non-hydrogen) atoms. The standard InChI is InChI=1S/C18H23N7O2/c1-3-25(13-5-4-8-20-11-13)17(26)14-12-21-16(24(14)2)15-22-18(27-23-15)6-9-19-10-7-18/h4-5,8,11-12,19H,3,6-7,9-10H2,1-2H3,(H,22,23). The molecule has 2 aliphatic heterocycles. The second-order valence-electron chi connectivity index (χ2n) is 6.65. The van der Waals surface area contributed by atoms with Gasteiger partial charge in [0.15, 0.2) is 17.4 Å². The van der Waals surface area contributed by atoms with E-state index in [-0.39, 0.29) is 5.91 Å². The number of amidine groups is 1. The molecule has 0 bridgehead atoms. The van der Waals surface area contributed by atoms with Gasteiger partial charge in [-0.3, -0.25) is 9.78 Å². The number of carbonyl (C=O) groups is 1. The van der Waals surface area contributed by atoms with Crippen molar-refractivity contribution >= 4 is 17.4 Å². The number of aromatic nitrogens is 3. The highest BCUT2D eigenvalue weighted by molar-refractivity contribution is 6.06. The van der Waals surface area contributed by atoms with E-state index in [0.29, 0.717) is 23.9 Å². The average molecular weight is 369 g/mol. The number of nitrogens with one attached hydrogen (secondary N) is 2. The third-order valence-electron chi connectivity index (χ3n) is 4.98. The zero-order valence-electron chi connectivity index (χ0n) is 15.5. The van der Waals surface area contributed by atoms with Gasteiger partial charge in [-0.15, -0.1) is 0 Å². The van der Waals surface area contributed by atoms with Crippen molar-refractivity contribution in [2.75, 3.05) is 24.5 Å². The van der Waals surface area contributed by atoms with Crippen molar-refractivity contribution in [3.63, 3.8) is 0 Å². The van der Waals surface area contributed by atoms with Crippen LogP contribution < -0.4 is 15.7 Å². The van der Waals surface area contributed by atoms with Crippen molar-refractivity contribution in [1.29, 1.82) is 0 Å². The molecule has 9 nitrogen and oxygen atoms in total. The van der Waals surface area contributed by atoms with Gasteiger partial charge in [-0.25, -0.2) is 20.3 Å². The summed E-state index contributed by atoms with van der Waals surface area (Å²) in [5.74, 6) is 1.00. The Morgan fingerprint density at radius 1 is 1.37 bits per heavy atom. The van der Waals surface area contributed by atoms with Crippen LogP contribution in [0.2, 0.25) is 0 Å². The summed E-state index contributed by atoms with van der Waals surface area (Å²) in [5.41, 5.74) is 3.59. The number of pyridine rings is 1. The topological polar surface area (TPSA) is 96.7 Å². The Hall–Kier alpha value is -2.78. The molecule has 1 saturated heterocycles. The summed E-state index contributed by atoms with van der Waals surface area (Å²) in [4.78, 5) is 33.7. The lowest BCUT2D eigenvalue weighted by molar-refractivity contribution is -0.0721. The van der Waals surface area contributed by atoms with Crippen molar-refractivity contribution in [2.45, 2.75) is 25.5 Å². The van der Waals surface area contributed by atoms with Gasteiger partial charge >= 0.3 is 0 Å². The number of imidazole rings is 1. The summed E-state index contributed by atoms with van der Waals surface area (Å²) in [5, 5.41) is 3.30. The number of amides is 1. The van der Waals surface area contributed by atoms with Gasteiger partial charge in [-0.05, 0) is 32.1 Å². The molecule has 1 spiro atoms. The molecule has 0 aliphatic carbocycles.